The molecule has 0 atom stereocenters. The normalized spacial score (nSPS) is 15.3. The van der Waals surface area contributed by atoms with E-state index in [0.717, 1.165) is 12.1 Å². The largest absolute Gasteiger partial charge is 0.310 e. The van der Waals surface area contributed by atoms with Crippen molar-refractivity contribution >= 4 is 22.6 Å². The summed E-state index contributed by atoms with van der Waals surface area (Å²) in [6.07, 6.45) is 12.2. The van der Waals surface area contributed by atoms with Crippen LogP contribution < -0.4 is 4.90 Å². The van der Waals surface area contributed by atoms with Gasteiger partial charge in [-0.25, -0.2) is 0 Å². The summed E-state index contributed by atoms with van der Waals surface area (Å²) < 4.78 is 0. The second-order valence-corrected chi connectivity index (χ2v) is 17.5. The van der Waals surface area contributed by atoms with Crippen LogP contribution in [0.1, 0.15) is 56.5 Å². The van der Waals surface area contributed by atoms with Crippen LogP contribution in [0.4, 0.5) is 17.1 Å². The fourth-order valence-electron chi connectivity index (χ4n) is 11.8. The maximum atomic E-state index is 2.56. The average molecular weight is 814 g/mol. The summed E-state index contributed by atoms with van der Waals surface area (Å²) in [7, 11) is 0. The lowest BCUT2D eigenvalue weighted by Gasteiger charge is -2.47. The topological polar surface area (TPSA) is 3.24 Å². The van der Waals surface area contributed by atoms with Crippen molar-refractivity contribution in [3.63, 3.8) is 0 Å². The number of anilines is 3. The Bertz CT molecular complexity index is 3300. The fourth-order valence-corrected chi connectivity index (χ4v) is 11.8. The number of allylic oxidation sites excluding steroid dienone is 6. The number of hydrogen-bond acceptors (Lipinski definition) is 1. The first-order valence-corrected chi connectivity index (χ1v) is 22.5. The summed E-state index contributed by atoms with van der Waals surface area (Å²) in [5.74, 6) is 0. The second-order valence-electron chi connectivity index (χ2n) is 17.5. The van der Waals surface area contributed by atoms with Gasteiger partial charge in [0.25, 0.3) is 0 Å². The Morgan fingerprint density at radius 3 is 1.44 bits per heavy atom. The highest BCUT2D eigenvalue weighted by molar-refractivity contribution is 5.98. The van der Waals surface area contributed by atoms with Crippen molar-refractivity contribution < 1.29 is 0 Å². The number of rotatable bonds is 5. The summed E-state index contributed by atoms with van der Waals surface area (Å²) >= 11 is 0. The van der Waals surface area contributed by atoms with Crippen molar-refractivity contribution in [1.82, 2.24) is 0 Å². The van der Waals surface area contributed by atoms with Crippen molar-refractivity contribution in [3.8, 4) is 33.4 Å². The molecule has 0 amide bonds. The summed E-state index contributed by atoms with van der Waals surface area (Å²) in [6, 6.07) is 82.2. The Balaban J connectivity index is 1.14. The molecule has 0 radical (unpaired) electrons. The van der Waals surface area contributed by atoms with Crippen LogP contribution in [-0.2, 0) is 10.8 Å². The van der Waals surface area contributed by atoms with Crippen molar-refractivity contribution in [1.29, 1.82) is 0 Å². The summed E-state index contributed by atoms with van der Waals surface area (Å²) in [6.45, 7) is 0. The summed E-state index contributed by atoms with van der Waals surface area (Å²) in [4.78, 5) is 2.56. The number of nitrogens with zero attached hydrogens (tertiary/aromatic N) is 1. The molecule has 9 aromatic rings. The zero-order valence-electron chi connectivity index (χ0n) is 35.3. The monoisotopic (exact) mass is 813 g/mol. The molecule has 4 aliphatic rings. The van der Waals surface area contributed by atoms with Crippen LogP contribution in [0.2, 0.25) is 0 Å². The van der Waals surface area contributed by atoms with Gasteiger partial charge in [0.05, 0.1) is 22.2 Å². The lowest BCUT2D eigenvalue weighted by Crippen LogP contribution is -2.38. The Morgan fingerprint density at radius 2 is 0.844 bits per heavy atom. The molecule has 1 heterocycles. The Kier molecular flexibility index (Phi) is 8.17. The molecule has 0 saturated heterocycles. The average Bonchev–Trinajstić information content (AvgIpc) is 3.65. The molecule has 9 aromatic carbocycles. The molecule has 13 rings (SSSR count). The van der Waals surface area contributed by atoms with Crippen molar-refractivity contribution in [2.24, 2.45) is 0 Å². The van der Waals surface area contributed by atoms with Gasteiger partial charge >= 0.3 is 0 Å². The third-order valence-electron chi connectivity index (χ3n) is 14.4. The molecule has 3 aliphatic carbocycles. The molecule has 0 aromatic heterocycles. The molecule has 0 bridgehead atoms. The van der Waals surface area contributed by atoms with Crippen LogP contribution in [0.5, 0.6) is 0 Å². The zero-order valence-corrected chi connectivity index (χ0v) is 35.3. The van der Waals surface area contributed by atoms with Crippen molar-refractivity contribution in [3.05, 3.63) is 299 Å². The highest BCUT2D eigenvalue weighted by atomic mass is 15.2. The first-order valence-electron chi connectivity index (χ1n) is 22.5. The quantitative estimate of drug-likeness (QED) is 0.167. The van der Waals surface area contributed by atoms with Gasteiger partial charge in [0.15, 0.2) is 0 Å². The van der Waals surface area contributed by atoms with Gasteiger partial charge < -0.3 is 4.90 Å². The minimum atomic E-state index is -0.660. The SMILES string of the molecule is C1=CCC=CC(c2ccc3c(c2)C(c2ccccc2)(c2ccccc2)c2cc(-c4ccccc4)ccc2N3c2ccc3c(c2)C2(c4ccccc4-c4ccccc42)c2ccccc2-3)=C1. The summed E-state index contributed by atoms with van der Waals surface area (Å²) in [5, 5.41) is 0. The second kappa shape index (κ2) is 14.3. The van der Waals surface area contributed by atoms with E-state index in [1.54, 1.807) is 0 Å². The third kappa shape index (κ3) is 5.07. The van der Waals surface area contributed by atoms with Gasteiger partial charge in [-0.3, -0.25) is 0 Å². The summed E-state index contributed by atoms with van der Waals surface area (Å²) in [5.41, 5.74) is 22.7. The molecule has 1 heteroatoms. The molecule has 0 fully saturated rings. The van der Waals surface area contributed by atoms with Crippen LogP contribution in [0, 0.1) is 0 Å². The van der Waals surface area contributed by atoms with E-state index in [0.29, 0.717) is 0 Å². The van der Waals surface area contributed by atoms with E-state index in [-0.39, 0.29) is 0 Å². The van der Waals surface area contributed by atoms with Crippen molar-refractivity contribution in [2.45, 2.75) is 17.3 Å². The van der Waals surface area contributed by atoms with Gasteiger partial charge in [-0.15, -0.1) is 0 Å². The predicted molar refractivity (Wildman–Crippen MR) is 266 cm³/mol. The van der Waals surface area contributed by atoms with E-state index in [4.69, 9.17) is 0 Å². The fraction of sp³-hybridized carbons (Fsp3) is 0.0476. The molecule has 1 spiro atoms. The molecule has 0 saturated carbocycles. The van der Waals surface area contributed by atoms with Gasteiger partial charge in [0.2, 0.25) is 0 Å². The van der Waals surface area contributed by atoms with Crippen LogP contribution in [-0.4, -0.2) is 0 Å². The van der Waals surface area contributed by atoms with E-state index in [9.17, 15) is 0 Å². The van der Waals surface area contributed by atoms with Crippen LogP contribution >= 0.6 is 0 Å². The highest BCUT2D eigenvalue weighted by Gasteiger charge is 2.52. The van der Waals surface area contributed by atoms with Crippen LogP contribution in [0.25, 0.3) is 39.0 Å². The number of hydrogen-bond donors (Lipinski definition) is 0. The van der Waals surface area contributed by atoms with Gasteiger partial charge in [-0.1, -0.05) is 212 Å². The minimum absolute atomic E-state index is 0.457. The lowest BCUT2D eigenvalue weighted by molar-refractivity contribution is 0.731. The molecule has 64 heavy (non-hydrogen) atoms. The van der Waals surface area contributed by atoms with E-state index < -0.39 is 10.8 Å². The molecule has 1 aliphatic heterocycles. The lowest BCUT2D eigenvalue weighted by atomic mass is 9.61. The molecular weight excluding hydrogens is 771 g/mol. The molecule has 0 unspecified atom stereocenters. The van der Waals surface area contributed by atoms with E-state index in [1.807, 2.05) is 0 Å². The Labute approximate surface area is 375 Å². The van der Waals surface area contributed by atoms with Crippen LogP contribution in [0.15, 0.2) is 249 Å². The highest BCUT2D eigenvalue weighted by Crippen LogP contribution is 2.64. The van der Waals surface area contributed by atoms with Crippen molar-refractivity contribution in [2.75, 3.05) is 4.90 Å². The predicted octanol–water partition coefficient (Wildman–Crippen LogP) is 15.8. The number of benzene rings is 9. The van der Waals surface area contributed by atoms with Gasteiger partial charge in [-0.2, -0.15) is 0 Å². The molecular formula is C63H43N. The van der Waals surface area contributed by atoms with E-state index >= 15 is 0 Å². The van der Waals surface area contributed by atoms with E-state index in [2.05, 4.69) is 254 Å². The van der Waals surface area contributed by atoms with Crippen LogP contribution in [0.3, 0.4) is 0 Å². The van der Waals surface area contributed by atoms with Gasteiger partial charge in [0.1, 0.15) is 0 Å². The Hall–Kier alpha value is -8.00. The van der Waals surface area contributed by atoms with Gasteiger partial charge in [-0.05, 0) is 132 Å². The first-order chi connectivity index (χ1) is 31.8. The smallest absolute Gasteiger partial charge is 0.0742 e. The third-order valence-corrected chi connectivity index (χ3v) is 14.4. The maximum absolute atomic E-state index is 2.56. The minimum Gasteiger partial charge on any atom is -0.310 e. The zero-order chi connectivity index (χ0) is 42.2. The molecule has 1 nitrogen and oxygen atoms in total. The molecule has 0 N–H and O–H groups in total. The van der Waals surface area contributed by atoms with E-state index in [1.165, 1.54) is 100 Å². The molecule has 300 valence electrons. The maximum Gasteiger partial charge on any atom is 0.0742 e. The number of fused-ring (bicyclic) bond motifs is 12. The van der Waals surface area contributed by atoms with Gasteiger partial charge in [0, 0.05) is 5.69 Å². The Morgan fingerprint density at radius 1 is 0.344 bits per heavy atom. The standard InChI is InChI=1S/C63H43N/c1-2-7-21-43(20-6-1)45-34-38-60-58(40-45)62(47-24-10-4-11-25-47,48-26-12-5-13-27-48)59-41-46(44-22-8-3-9-23-44)35-39-61(59)64(60)49-36-37-53-52-30-16-19-33-56(52)63(57(53)42-49)54-31-17-14-28-50(54)51-29-15-18-32-55(51)63/h1,3-42H,2H2. The first kappa shape index (κ1) is 36.6.